The molecule has 4 heterocycles. The molecule has 2 amide bonds. The molecular formula is C63H76N6O13S2. The molecule has 1 N–H and O–H groups in total. The van der Waals surface area contributed by atoms with Crippen molar-refractivity contribution in [2.24, 2.45) is 11.1 Å². The topological polar surface area (TPSA) is 189 Å². The van der Waals surface area contributed by atoms with Crippen molar-refractivity contribution in [2.45, 2.75) is 70.1 Å². The smallest absolute Gasteiger partial charge is 0.309 e. The molecular weight excluding hydrogens is 1110 g/mol. The second-order valence-corrected chi connectivity index (χ2v) is 24.7. The van der Waals surface area contributed by atoms with E-state index >= 15 is 0 Å². The summed E-state index contributed by atoms with van der Waals surface area (Å²) in [6, 6.07) is 29.5. The summed E-state index contributed by atoms with van der Waals surface area (Å²) < 4.78 is 47.1. The van der Waals surface area contributed by atoms with Crippen molar-refractivity contribution in [2.75, 3.05) is 132 Å². The molecule has 0 aliphatic carbocycles. The third kappa shape index (κ3) is 14.7. The Hall–Kier alpha value is -7.17. The molecule has 0 fully saturated rings. The number of fused-ring (bicyclic) bond motifs is 8. The third-order valence-electron chi connectivity index (χ3n) is 15.1. The number of esters is 1. The van der Waals surface area contributed by atoms with E-state index in [9.17, 15) is 19.2 Å². The number of nitrogens with zero attached hydrogens (tertiary/aromatic N) is 5. The Morgan fingerprint density at radius 3 is 2.01 bits per heavy atom. The fraction of sp³-hybridized carbons (Fsp3) is 0.444. The van der Waals surface area contributed by atoms with E-state index in [-0.39, 0.29) is 55.9 Å². The summed E-state index contributed by atoms with van der Waals surface area (Å²) in [6.07, 6.45) is 2.92. The third-order valence-corrected chi connectivity index (χ3v) is 18.4. The highest BCUT2D eigenvalue weighted by Crippen LogP contribution is 2.45. The van der Waals surface area contributed by atoms with Gasteiger partial charge in [0, 0.05) is 92.7 Å². The molecule has 0 bridgehead atoms. The Bertz CT molecular complexity index is 3180. The number of nitrogens with one attached hydrogen (secondary N) is 1. The monoisotopic (exact) mass is 1190 g/mol. The lowest BCUT2D eigenvalue weighted by atomic mass is 10.1. The van der Waals surface area contributed by atoms with Crippen LogP contribution in [0.5, 0.6) is 23.0 Å². The Morgan fingerprint density at radius 2 is 1.36 bits per heavy atom. The Balaban J connectivity index is 1.01. The zero-order valence-electron chi connectivity index (χ0n) is 49.1. The number of para-hydroxylation sites is 2. The first-order chi connectivity index (χ1) is 40.7. The zero-order chi connectivity index (χ0) is 59.3. The van der Waals surface area contributed by atoms with Crippen LogP contribution in [0.25, 0.3) is 0 Å². The summed E-state index contributed by atoms with van der Waals surface area (Å²) in [5.74, 6) is 0.500. The molecule has 0 radical (unpaired) electrons. The maximum Gasteiger partial charge on any atom is 0.309 e. The molecule has 448 valence electrons. The number of benzene rings is 5. The van der Waals surface area contributed by atoms with Crippen LogP contribution in [0.1, 0.15) is 70.2 Å². The molecule has 3 atom stereocenters. The Labute approximate surface area is 499 Å². The minimum absolute atomic E-state index is 0.0323. The van der Waals surface area contributed by atoms with Crippen molar-refractivity contribution in [1.82, 2.24) is 0 Å². The van der Waals surface area contributed by atoms with Gasteiger partial charge in [0.15, 0.2) is 35.4 Å². The molecule has 4 aliphatic heterocycles. The van der Waals surface area contributed by atoms with Crippen molar-refractivity contribution < 1.29 is 61.9 Å². The maximum atomic E-state index is 14.5. The molecule has 0 saturated carbocycles. The van der Waals surface area contributed by atoms with Crippen LogP contribution in [0.2, 0.25) is 0 Å². The van der Waals surface area contributed by atoms with Gasteiger partial charge in [-0.3, -0.25) is 19.2 Å². The Kier molecular flexibility index (Phi) is 20.9. The molecule has 19 nitrogen and oxygen atoms in total. The van der Waals surface area contributed by atoms with Crippen molar-refractivity contribution in [3.05, 3.63) is 124 Å². The molecule has 9 rings (SSSR count). The summed E-state index contributed by atoms with van der Waals surface area (Å²) >= 11 is 0. The van der Waals surface area contributed by atoms with E-state index in [1.165, 1.54) is 24.1 Å². The average Bonchev–Trinajstić information content (AvgIpc) is 1.88. The van der Waals surface area contributed by atoms with Gasteiger partial charge in [-0.05, 0) is 98.3 Å². The number of likely N-dealkylation sites (N-methyl/N-ethyl adjacent to an activating group) is 1. The number of carbonyl (C=O) groups is 4. The highest BCUT2D eigenvalue weighted by molar-refractivity contribution is 8.77. The molecule has 21 heteroatoms. The fourth-order valence-corrected chi connectivity index (χ4v) is 14.0. The van der Waals surface area contributed by atoms with Gasteiger partial charge in [0.2, 0.25) is 0 Å². The first-order valence-corrected chi connectivity index (χ1v) is 30.5. The summed E-state index contributed by atoms with van der Waals surface area (Å²) in [4.78, 5) is 67.8. The first kappa shape index (κ1) is 61.4. The predicted molar refractivity (Wildman–Crippen MR) is 329 cm³/mol. The normalized spacial score (nSPS) is 16.3. The fourth-order valence-electron chi connectivity index (χ4n) is 11.2. The maximum absolute atomic E-state index is 14.5. The number of carbonyl (C=O) groups excluding carboxylic acids is 4. The number of anilines is 5. The highest BCUT2D eigenvalue weighted by Gasteiger charge is 2.41. The van der Waals surface area contributed by atoms with Gasteiger partial charge in [0.25, 0.3) is 11.8 Å². The van der Waals surface area contributed by atoms with E-state index < -0.39 is 16.6 Å². The molecule has 0 spiro atoms. The van der Waals surface area contributed by atoms with Crippen molar-refractivity contribution >= 4 is 79.8 Å². The SMILES string of the molecule is CC=NOCC(=O)CC(CSSC(C)(C)CN(CCOCCOCCOC)c1cc(COc2cc3c(cc2OC)C(=O)N2c4ccccc4C[C@H]2CN3)cc(COc2cc3c(cc2OC)C(=O)N2c4ccccc4C[C@H]2CN3C)c1)C(=O)OC. The molecule has 5 aromatic carbocycles. The predicted octanol–water partition coefficient (Wildman–Crippen LogP) is 9.30. The number of ether oxygens (including phenoxy) is 8. The quantitative estimate of drug-likeness (QED) is 0.0150. The summed E-state index contributed by atoms with van der Waals surface area (Å²) in [7, 11) is 11.2. The van der Waals surface area contributed by atoms with Crippen molar-refractivity contribution in [3.63, 3.8) is 0 Å². The van der Waals surface area contributed by atoms with E-state index in [0.29, 0.717) is 105 Å². The van der Waals surface area contributed by atoms with Gasteiger partial charge >= 0.3 is 5.97 Å². The van der Waals surface area contributed by atoms with Gasteiger partial charge < -0.3 is 67.6 Å². The van der Waals surface area contributed by atoms with E-state index in [1.54, 1.807) is 51.2 Å². The molecule has 1 unspecified atom stereocenters. The van der Waals surface area contributed by atoms with Crippen LogP contribution in [0, 0.1) is 5.92 Å². The van der Waals surface area contributed by atoms with Crippen LogP contribution >= 0.6 is 21.6 Å². The zero-order valence-corrected chi connectivity index (χ0v) is 50.8. The average molecular weight is 1190 g/mol. The molecule has 5 aromatic rings. The van der Waals surface area contributed by atoms with Gasteiger partial charge in [0.1, 0.15) is 13.2 Å². The van der Waals surface area contributed by atoms with Gasteiger partial charge in [-0.25, -0.2) is 0 Å². The number of hydrogen-bond donors (Lipinski definition) is 1. The summed E-state index contributed by atoms with van der Waals surface area (Å²) in [5, 5.41) is 7.22. The standard InChI is InChI=1S/C63H76N6O13S2/c1-9-65-82-38-49(70)29-45(62(73)77-8)39-83-84-63(2,3)40-67(18-19-78-22-23-79-21-20-74-5)46-25-41(36-80-58-32-52-50(30-56(58)75-6)60(71)68-47(34-64-52)27-43-14-10-12-16-53(43)68)24-42(26-46)37-81-59-33-55-51(31-57(59)76-7)61(72)69-48(35-66(55)4)28-44-15-11-13-17-54(44)69/h9-17,24-26,30-33,45,47-48,64H,18-23,27-29,34-40H2,1-8H3/t45?,47-,48-/m0/s1. The largest absolute Gasteiger partial charge is 0.493 e. The molecule has 4 aliphatic rings. The van der Waals surface area contributed by atoms with Crippen LogP contribution < -0.4 is 43.9 Å². The van der Waals surface area contributed by atoms with Gasteiger partial charge in [-0.1, -0.05) is 63.1 Å². The number of hydrogen-bond acceptors (Lipinski definition) is 19. The number of rotatable bonds is 30. The Morgan fingerprint density at radius 1 is 0.750 bits per heavy atom. The van der Waals surface area contributed by atoms with Crippen molar-refractivity contribution in [3.8, 4) is 23.0 Å². The lowest BCUT2D eigenvalue weighted by Crippen LogP contribution is -2.41. The van der Waals surface area contributed by atoms with Crippen LogP contribution in [0.3, 0.4) is 0 Å². The van der Waals surface area contributed by atoms with E-state index in [2.05, 4.69) is 58.4 Å². The molecule has 0 aromatic heterocycles. The van der Waals surface area contributed by atoms with Gasteiger partial charge in [-0.15, -0.1) is 0 Å². The highest BCUT2D eigenvalue weighted by atomic mass is 33.1. The van der Waals surface area contributed by atoms with Crippen LogP contribution in [-0.2, 0) is 59.4 Å². The number of oxime groups is 1. The van der Waals surface area contributed by atoms with Gasteiger partial charge in [0.05, 0.1) is 94.9 Å². The molecule has 84 heavy (non-hydrogen) atoms. The van der Waals surface area contributed by atoms with Gasteiger partial charge in [-0.2, -0.15) is 0 Å². The number of methoxy groups -OCH3 is 4. The molecule has 0 saturated heterocycles. The van der Waals surface area contributed by atoms with E-state index in [1.807, 2.05) is 71.4 Å². The van der Waals surface area contributed by atoms with Crippen LogP contribution in [-0.4, -0.2) is 154 Å². The van der Waals surface area contributed by atoms with E-state index in [4.69, 9.17) is 42.7 Å². The first-order valence-electron chi connectivity index (χ1n) is 28.2. The number of ketones is 1. The minimum atomic E-state index is -0.682. The van der Waals surface area contributed by atoms with Crippen molar-refractivity contribution in [1.29, 1.82) is 0 Å². The van der Waals surface area contributed by atoms with Crippen LogP contribution in [0.15, 0.2) is 96.2 Å². The lowest BCUT2D eigenvalue weighted by molar-refractivity contribution is -0.146. The summed E-state index contributed by atoms with van der Waals surface area (Å²) in [6.45, 7) is 10.2. The summed E-state index contributed by atoms with van der Waals surface area (Å²) in [5.41, 5.74) is 9.08. The van der Waals surface area contributed by atoms with E-state index in [0.717, 1.165) is 57.8 Å². The van der Waals surface area contributed by atoms with Crippen LogP contribution in [0.4, 0.5) is 28.4 Å². The number of amides is 2. The number of Topliss-reactive ketones (excluding diaryl/α,β-unsaturated/α-hetero) is 1. The second-order valence-electron chi connectivity index (χ2n) is 21.6. The lowest BCUT2D eigenvalue weighted by Gasteiger charge is -2.34. The minimum Gasteiger partial charge on any atom is -0.493 e. The second kappa shape index (κ2) is 28.6.